The molecule has 0 saturated heterocycles. The fourth-order valence-electron chi connectivity index (χ4n) is 2.09. The van der Waals surface area contributed by atoms with Gasteiger partial charge in [-0.05, 0) is 42.7 Å². The van der Waals surface area contributed by atoms with Gasteiger partial charge < -0.3 is 5.32 Å². The summed E-state index contributed by atoms with van der Waals surface area (Å²) in [5.41, 5.74) is 2.24. The Morgan fingerprint density at radius 1 is 1.05 bits per heavy atom. The highest BCUT2D eigenvalue weighted by atomic mass is 35.5. The molecule has 0 radical (unpaired) electrons. The van der Waals surface area contributed by atoms with Crippen molar-refractivity contribution in [1.29, 1.82) is 0 Å². The van der Waals surface area contributed by atoms with E-state index in [1.54, 1.807) is 24.3 Å². The predicted molar refractivity (Wildman–Crippen MR) is 82.4 cm³/mol. The molecule has 0 bridgehead atoms. The van der Waals surface area contributed by atoms with Crippen LogP contribution in [0.15, 0.2) is 42.5 Å². The lowest BCUT2D eigenvalue weighted by molar-refractivity contribution is 0.0951. The van der Waals surface area contributed by atoms with Crippen molar-refractivity contribution in [3.8, 4) is 11.1 Å². The molecule has 0 unspecified atom stereocenters. The first-order valence-corrected chi connectivity index (χ1v) is 7.26. The fraction of sp³-hybridized carbons (Fsp3) is 0.188. The number of carbonyl (C=O) groups excluding carboxylic acids is 1. The van der Waals surface area contributed by atoms with Gasteiger partial charge in [0.15, 0.2) is 0 Å². The van der Waals surface area contributed by atoms with E-state index in [4.69, 9.17) is 23.2 Å². The van der Waals surface area contributed by atoms with Gasteiger partial charge in [0.2, 0.25) is 0 Å². The zero-order valence-corrected chi connectivity index (χ0v) is 12.2. The molecule has 1 N–H and O–H groups in total. The molecule has 102 valence electrons. The van der Waals surface area contributed by atoms with E-state index in [2.05, 4.69) is 5.32 Å². The monoisotopic (exact) mass is 305 g/mol. The number of halogens is 2. The van der Waals surface area contributed by atoms with E-state index in [0.717, 1.165) is 24.0 Å². The fourth-order valence-corrected chi connectivity index (χ4v) is 2.70. The van der Waals surface area contributed by atoms with E-state index in [9.17, 15) is 4.79 Å². The molecule has 0 spiro atoms. The molecule has 1 fully saturated rings. The average Bonchev–Trinajstić information content (AvgIpc) is 3.23. The van der Waals surface area contributed by atoms with Crippen LogP contribution in [0.4, 0.5) is 0 Å². The van der Waals surface area contributed by atoms with Crippen LogP contribution in [0.5, 0.6) is 0 Å². The van der Waals surface area contributed by atoms with E-state index >= 15 is 0 Å². The average molecular weight is 306 g/mol. The minimum absolute atomic E-state index is 0.0440. The molecule has 0 heterocycles. The van der Waals surface area contributed by atoms with Crippen LogP contribution in [0.1, 0.15) is 23.2 Å². The second-order valence-electron chi connectivity index (χ2n) is 4.93. The summed E-state index contributed by atoms with van der Waals surface area (Å²) in [4.78, 5) is 12.1. The van der Waals surface area contributed by atoms with Crippen LogP contribution < -0.4 is 5.32 Å². The van der Waals surface area contributed by atoms with Gasteiger partial charge in [0.25, 0.3) is 5.91 Å². The summed E-state index contributed by atoms with van der Waals surface area (Å²) in [7, 11) is 0. The van der Waals surface area contributed by atoms with Crippen molar-refractivity contribution in [2.24, 2.45) is 0 Å². The van der Waals surface area contributed by atoms with Crippen LogP contribution >= 0.6 is 23.2 Å². The molecule has 0 aromatic heterocycles. The maximum Gasteiger partial charge on any atom is 0.251 e. The van der Waals surface area contributed by atoms with Crippen molar-refractivity contribution in [3.05, 3.63) is 58.1 Å². The van der Waals surface area contributed by atoms with E-state index in [1.807, 2.05) is 18.2 Å². The van der Waals surface area contributed by atoms with Crippen LogP contribution in [-0.4, -0.2) is 11.9 Å². The van der Waals surface area contributed by atoms with Crippen LogP contribution in [0.25, 0.3) is 11.1 Å². The Bertz CT molecular complexity index is 645. The minimum atomic E-state index is -0.0440. The molecule has 0 aliphatic heterocycles. The molecule has 2 aromatic carbocycles. The lowest BCUT2D eigenvalue weighted by Gasteiger charge is -2.09. The predicted octanol–water partition coefficient (Wildman–Crippen LogP) is 4.55. The van der Waals surface area contributed by atoms with Gasteiger partial charge in [-0.3, -0.25) is 4.79 Å². The summed E-state index contributed by atoms with van der Waals surface area (Å²) in [6.45, 7) is 0. The number of amides is 1. The summed E-state index contributed by atoms with van der Waals surface area (Å²) in [6, 6.07) is 13.1. The van der Waals surface area contributed by atoms with Crippen molar-refractivity contribution in [1.82, 2.24) is 5.32 Å². The Hall–Kier alpha value is -1.51. The first-order valence-electron chi connectivity index (χ1n) is 6.50. The van der Waals surface area contributed by atoms with Gasteiger partial charge in [-0.15, -0.1) is 0 Å². The van der Waals surface area contributed by atoms with Crippen LogP contribution in [-0.2, 0) is 0 Å². The molecule has 1 aliphatic rings. The molecule has 1 amide bonds. The maximum atomic E-state index is 12.1. The van der Waals surface area contributed by atoms with Gasteiger partial charge in [-0.25, -0.2) is 0 Å². The number of hydrogen-bond donors (Lipinski definition) is 1. The van der Waals surface area contributed by atoms with Crippen molar-refractivity contribution in [2.75, 3.05) is 0 Å². The highest BCUT2D eigenvalue weighted by molar-refractivity contribution is 6.39. The number of rotatable bonds is 3. The van der Waals surface area contributed by atoms with Crippen LogP contribution in [0.3, 0.4) is 0 Å². The third-order valence-electron chi connectivity index (χ3n) is 3.29. The lowest BCUT2D eigenvalue weighted by atomic mass is 10.0. The first-order chi connectivity index (χ1) is 9.65. The van der Waals surface area contributed by atoms with Crippen molar-refractivity contribution in [3.63, 3.8) is 0 Å². The van der Waals surface area contributed by atoms with E-state index in [-0.39, 0.29) is 5.91 Å². The summed E-state index contributed by atoms with van der Waals surface area (Å²) < 4.78 is 0. The summed E-state index contributed by atoms with van der Waals surface area (Å²) in [6.07, 6.45) is 2.14. The molecule has 4 heteroatoms. The van der Waals surface area contributed by atoms with Gasteiger partial charge in [-0.2, -0.15) is 0 Å². The molecule has 3 rings (SSSR count). The molecule has 1 aliphatic carbocycles. The highest BCUT2D eigenvalue weighted by Gasteiger charge is 2.24. The third-order valence-corrected chi connectivity index (χ3v) is 3.92. The van der Waals surface area contributed by atoms with Crippen molar-refractivity contribution < 1.29 is 4.79 Å². The summed E-state index contributed by atoms with van der Waals surface area (Å²) in [5.74, 6) is -0.0440. The Morgan fingerprint density at radius 2 is 1.70 bits per heavy atom. The van der Waals surface area contributed by atoms with Crippen LogP contribution in [0.2, 0.25) is 10.0 Å². The molecular formula is C16H13Cl2NO. The smallest absolute Gasteiger partial charge is 0.251 e. The first kappa shape index (κ1) is 13.5. The zero-order chi connectivity index (χ0) is 14.1. The van der Waals surface area contributed by atoms with Gasteiger partial charge >= 0.3 is 0 Å². The molecule has 20 heavy (non-hydrogen) atoms. The Kier molecular flexibility index (Phi) is 3.68. The number of carbonyl (C=O) groups is 1. The molecule has 2 nitrogen and oxygen atoms in total. The van der Waals surface area contributed by atoms with Gasteiger partial charge in [0.1, 0.15) is 0 Å². The maximum absolute atomic E-state index is 12.1. The van der Waals surface area contributed by atoms with E-state index < -0.39 is 0 Å². The Morgan fingerprint density at radius 3 is 2.35 bits per heavy atom. The number of hydrogen-bond acceptors (Lipinski definition) is 1. The van der Waals surface area contributed by atoms with Crippen molar-refractivity contribution in [2.45, 2.75) is 18.9 Å². The number of nitrogens with one attached hydrogen (secondary N) is 1. The summed E-state index contributed by atoms with van der Waals surface area (Å²) in [5, 5.41) is 4.13. The van der Waals surface area contributed by atoms with Gasteiger partial charge in [-0.1, -0.05) is 41.4 Å². The topological polar surface area (TPSA) is 29.1 Å². The Balaban J connectivity index is 1.96. The van der Waals surface area contributed by atoms with Gasteiger partial charge in [0.05, 0.1) is 0 Å². The second kappa shape index (κ2) is 5.47. The Labute approximate surface area is 127 Å². The van der Waals surface area contributed by atoms with E-state index in [1.165, 1.54) is 0 Å². The van der Waals surface area contributed by atoms with Crippen molar-refractivity contribution >= 4 is 29.1 Å². The van der Waals surface area contributed by atoms with Gasteiger partial charge in [0, 0.05) is 27.2 Å². The standard InChI is InChI=1S/C16H13Cl2NO/c17-13-5-2-6-14(18)15(13)10-3-1-4-11(9-10)16(20)19-12-7-8-12/h1-6,9,12H,7-8H2,(H,19,20). The number of benzene rings is 2. The molecule has 2 aromatic rings. The third kappa shape index (κ3) is 2.82. The quantitative estimate of drug-likeness (QED) is 0.885. The normalized spacial score (nSPS) is 14.1. The summed E-state index contributed by atoms with van der Waals surface area (Å²) >= 11 is 12.4. The lowest BCUT2D eigenvalue weighted by Crippen LogP contribution is -2.25. The molecule has 0 atom stereocenters. The second-order valence-corrected chi connectivity index (χ2v) is 5.74. The largest absolute Gasteiger partial charge is 0.349 e. The zero-order valence-electron chi connectivity index (χ0n) is 10.7. The molecule has 1 saturated carbocycles. The molecular weight excluding hydrogens is 293 g/mol. The highest BCUT2D eigenvalue weighted by Crippen LogP contribution is 2.34. The SMILES string of the molecule is O=C(NC1CC1)c1cccc(-c2c(Cl)cccc2Cl)c1. The van der Waals surface area contributed by atoms with Crippen LogP contribution in [0, 0.1) is 0 Å². The van der Waals surface area contributed by atoms with E-state index in [0.29, 0.717) is 21.7 Å². The minimum Gasteiger partial charge on any atom is -0.349 e.